The number of fused-ring (bicyclic) bond motifs is 2. The van der Waals surface area contributed by atoms with Gasteiger partial charge in [0, 0.05) is 24.0 Å². The van der Waals surface area contributed by atoms with E-state index in [1.165, 1.54) is 20.9 Å². The van der Waals surface area contributed by atoms with Crippen molar-refractivity contribution >= 4 is 11.8 Å². The summed E-state index contributed by atoms with van der Waals surface area (Å²) in [6.45, 7) is 0. The minimum Gasteiger partial charge on any atom is -0.388 e. The zero-order chi connectivity index (χ0) is 12.1. The van der Waals surface area contributed by atoms with Gasteiger partial charge in [-0.15, -0.1) is 0 Å². The second kappa shape index (κ2) is 5.89. The van der Waals surface area contributed by atoms with Crippen molar-refractivity contribution in [3.8, 4) is 0 Å². The maximum atomic E-state index is 4.25. The van der Waals surface area contributed by atoms with Gasteiger partial charge in [0.25, 0.3) is 0 Å². The third-order valence-electron chi connectivity index (χ3n) is 2.55. The highest BCUT2D eigenvalue weighted by molar-refractivity contribution is 7.99. The summed E-state index contributed by atoms with van der Waals surface area (Å²) < 4.78 is 4.25. The Hall–Kier alpha value is -1.25. The average molecular weight is 244 g/mol. The lowest BCUT2D eigenvalue weighted by atomic mass is 10.0. The van der Waals surface area contributed by atoms with Crippen LogP contribution in [0.25, 0.3) is 0 Å². The Morgan fingerprint density at radius 1 is 0.824 bits per heavy atom. The Morgan fingerprint density at radius 3 is 1.71 bits per heavy atom. The van der Waals surface area contributed by atoms with Gasteiger partial charge in [-0.25, -0.2) is 0 Å². The first kappa shape index (κ1) is 12.2. The molecule has 0 amide bonds. The molecule has 0 saturated carbocycles. The molecule has 2 aromatic carbocycles. The van der Waals surface area contributed by atoms with Crippen LogP contribution in [0.2, 0.25) is 0 Å². The second-order valence-corrected chi connectivity index (χ2v) is 4.99. The third kappa shape index (κ3) is 2.90. The van der Waals surface area contributed by atoms with Crippen LogP contribution in [-0.2, 0) is 11.2 Å². The van der Waals surface area contributed by atoms with Crippen LogP contribution in [0.1, 0.15) is 11.1 Å². The normalized spacial score (nSPS) is 11.9. The molecule has 0 atom stereocenters. The fourth-order valence-electron chi connectivity index (χ4n) is 1.82. The zero-order valence-electron chi connectivity index (χ0n) is 10.1. The number of hydrogen-bond donors (Lipinski definition) is 0. The van der Waals surface area contributed by atoms with Crippen LogP contribution in [0, 0.1) is 0 Å². The summed E-state index contributed by atoms with van der Waals surface area (Å²) in [7, 11) is 3.25. The van der Waals surface area contributed by atoms with Gasteiger partial charge < -0.3 is 4.74 Å². The molecule has 2 heteroatoms. The standard InChI is InChI=1S/C13H10S.C2H6O/c1-3-7-12-10(5-1)9-11-6-2-4-8-13(11)14-12;1-3-2/h1-8H,9H2;1-2H3. The van der Waals surface area contributed by atoms with E-state index in [0.29, 0.717) is 0 Å². The Kier molecular flexibility index (Phi) is 4.24. The monoisotopic (exact) mass is 244 g/mol. The van der Waals surface area contributed by atoms with E-state index in [4.69, 9.17) is 0 Å². The van der Waals surface area contributed by atoms with Crippen molar-refractivity contribution in [3.05, 3.63) is 59.7 Å². The Labute approximate surface area is 107 Å². The molecule has 3 rings (SSSR count). The summed E-state index contributed by atoms with van der Waals surface area (Å²) in [4.78, 5) is 2.82. The Balaban J connectivity index is 0.000000329. The van der Waals surface area contributed by atoms with Crippen molar-refractivity contribution in [1.29, 1.82) is 0 Å². The van der Waals surface area contributed by atoms with Crippen LogP contribution >= 0.6 is 11.8 Å². The minimum atomic E-state index is 1.08. The van der Waals surface area contributed by atoms with Crippen molar-refractivity contribution in [2.75, 3.05) is 14.2 Å². The van der Waals surface area contributed by atoms with Crippen molar-refractivity contribution in [3.63, 3.8) is 0 Å². The largest absolute Gasteiger partial charge is 0.388 e. The Morgan fingerprint density at radius 2 is 1.24 bits per heavy atom. The quantitative estimate of drug-likeness (QED) is 0.591. The minimum absolute atomic E-state index is 1.08. The molecule has 0 radical (unpaired) electrons. The lowest BCUT2D eigenvalue weighted by Gasteiger charge is -2.17. The molecule has 0 aromatic heterocycles. The summed E-state index contributed by atoms with van der Waals surface area (Å²) in [6.07, 6.45) is 1.08. The van der Waals surface area contributed by atoms with E-state index in [9.17, 15) is 0 Å². The number of benzene rings is 2. The van der Waals surface area contributed by atoms with Gasteiger partial charge in [-0.2, -0.15) is 0 Å². The molecule has 0 saturated heterocycles. The molecule has 1 aliphatic rings. The maximum Gasteiger partial charge on any atom is 0.0351 e. The second-order valence-electron chi connectivity index (χ2n) is 3.90. The van der Waals surface area contributed by atoms with Crippen LogP contribution in [0.5, 0.6) is 0 Å². The van der Waals surface area contributed by atoms with Gasteiger partial charge in [0.1, 0.15) is 0 Å². The molecule has 0 aliphatic carbocycles. The van der Waals surface area contributed by atoms with Crippen LogP contribution < -0.4 is 0 Å². The van der Waals surface area contributed by atoms with Crippen molar-refractivity contribution in [2.45, 2.75) is 16.2 Å². The van der Waals surface area contributed by atoms with Gasteiger partial charge in [-0.1, -0.05) is 48.2 Å². The molecule has 1 nitrogen and oxygen atoms in total. The lowest BCUT2D eigenvalue weighted by molar-refractivity contribution is 0.277. The molecular formula is C15H16OS. The third-order valence-corrected chi connectivity index (χ3v) is 3.78. The predicted octanol–water partition coefficient (Wildman–Crippen LogP) is 4.00. The summed E-state index contributed by atoms with van der Waals surface area (Å²) in [5.74, 6) is 0. The van der Waals surface area contributed by atoms with Gasteiger partial charge >= 0.3 is 0 Å². The van der Waals surface area contributed by atoms with Gasteiger partial charge in [0.2, 0.25) is 0 Å². The van der Waals surface area contributed by atoms with Gasteiger partial charge in [0.05, 0.1) is 0 Å². The first-order valence-electron chi connectivity index (χ1n) is 5.59. The topological polar surface area (TPSA) is 9.23 Å². The average Bonchev–Trinajstić information content (AvgIpc) is 2.37. The number of ether oxygens (including phenoxy) is 1. The molecule has 17 heavy (non-hydrogen) atoms. The fraction of sp³-hybridized carbons (Fsp3) is 0.200. The molecule has 0 N–H and O–H groups in total. The van der Waals surface area contributed by atoms with E-state index in [0.717, 1.165) is 6.42 Å². The van der Waals surface area contributed by atoms with Crippen LogP contribution in [-0.4, -0.2) is 14.2 Å². The van der Waals surface area contributed by atoms with Gasteiger partial charge in [0.15, 0.2) is 0 Å². The highest BCUT2D eigenvalue weighted by Gasteiger charge is 2.13. The maximum absolute atomic E-state index is 4.25. The highest BCUT2D eigenvalue weighted by atomic mass is 32.2. The highest BCUT2D eigenvalue weighted by Crippen LogP contribution is 2.38. The molecule has 0 spiro atoms. The summed E-state index contributed by atoms with van der Waals surface area (Å²) >= 11 is 1.88. The van der Waals surface area contributed by atoms with E-state index < -0.39 is 0 Å². The van der Waals surface area contributed by atoms with Crippen molar-refractivity contribution < 1.29 is 4.74 Å². The summed E-state index contributed by atoms with van der Waals surface area (Å²) in [5.41, 5.74) is 2.91. The smallest absolute Gasteiger partial charge is 0.0351 e. The first-order chi connectivity index (χ1) is 8.35. The number of hydrogen-bond acceptors (Lipinski definition) is 2. The van der Waals surface area contributed by atoms with E-state index in [1.54, 1.807) is 14.2 Å². The molecule has 0 bridgehead atoms. The van der Waals surface area contributed by atoms with Crippen LogP contribution in [0.4, 0.5) is 0 Å². The molecule has 0 unspecified atom stereocenters. The number of methoxy groups -OCH3 is 1. The Bertz CT molecular complexity index is 406. The van der Waals surface area contributed by atoms with Crippen LogP contribution in [0.3, 0.4) is 0 Å². The summed E-state index contributed by atoms with van der Waals surface area (Å²) in [6, 6.07) is 17.3. The van der Waals surface area contributed by atoms with Crippen molar-refractivity contribution in [2.24, 2.45) is 0 Å². The van der Waals surface area contributed by atoms with Gasteiger partial charge in [-0.05, 0) is 29.7 Å². The van der Waals surface area contributed by atoms with E-state index in [-0.39, 0.29) is 0 Å². The molecule has 1 aliphatic heterocycles. The summed E-state index contributed by atoms with van der Waals surface area (Å²) in [5, 5.41) is 0. The SMILES string of the molecule is COC.c1ccc2c(c1)Cc1ccccc1S2. The van der Waals surface area contributed by atoms with Crippen LogP contribution in [0.15, 0.2) is 58.3 Å². The molecule has 2 aromatic rings. The first-order valence-corrected chi connectivity index (χ1v) is 6.40. The van der Waals surface area contributed by atoms with Crippen molar-refractivity contribution in [1.82, 2.24) is 0 Å². The molecule has 1 heterocycles. The lowest BCUT2D eigenvalue weighted by Crippen LogP contribution is -1.98. The van der Waals surface area contributed by atoms with E-state index in [2.05, 4.69) is 53.3 Å². The van der Waals surface area contributed by atoms with E-state index >= 15 is 0 Å². The predicted molar refractivity (Wildman–Crippen MR) is 72.7 cm³/mol. The zero-order valence-corrected chi connectivity index (χ0v) is 11.0. The molecular weight excluding hydrogens is 228 g/mol. The number of rotatable bonds is 0. The fourth-order valence-corrected chi connectivity index (χ4v) is 2.90. The van der Waals surface area contributed by atoms with E-state index in [1.807, 2.05) is 11.8 Å². The molecule has 88 valence electrons. The molecule has 0 fully saturated rings. The van der Waals surface area contributed by atoms with Gasteiger partial charge in [-0.3, -0.25) is 0 Å².